The van der Waals surface area contributed by atoms with Gasteiger partial charge in [0, 0.05) is 37.4 Å². The molecular weight excluding hydrogens is 300 g/mol. The third-order valence-corrected chi connectivity index (χ3v) is 3.50. The molecule has 0 spiro atoms. The summed E-state index contributed by atoms with van der Waals surface area (Å²) in [5.74, 6) is -1.07. The van der Waals surface area contributed by atoms with Gasteiger partial charge in [-0.2, -0.15) is 0 Å². The minimum absolute atomic E-state index is 0.0440. The lowest BCUT2D eigenvalue weighted by molar-refractivity contribution is -0.137. The van der Waals surface area contributed by atoms with Crippen molar-refractivity contribution in [1.29, 1.82) is 0 Å². The second kappa shape index (κ2) is 9.76. The molecule has 0 aromatic rings. The molecule has 7 heteroatoms. The van der Waals surface area contributed by atoms with Crippen molar-refractivity contribution in [1.82, 2.24) is 10.6 Å². The Bertz CT molecular complexity index is 487. The van der Waals surface area contributed by atoms with E-state index in [4.69, 9.17) is 4.74 Å². The van der Waals surface area contributed by atoms with Gasteiger partial charge in [-0.3, -0.25) is 9.59 Å². The van der Waals surface area contributed by atoms with Gasteiger partial charge in [0.15, 0.2) is 0 Å². The topological polar surface area (TPSA) is 102 Å². The van der Waals surface area contributed by atoms with E-state index in [0.717, 1.165) is 0 Å². The third-order valence-electron chi connectivity index (χ3n) is 3.50. The Kier molecular flexibility index (Phi) is 8.01. The molecule has 23 heavy (non-hydrogen) atoms. The Morgan fingerprint density at radius 3 is 2.70 bits per heavy atom. The molecule has 1 rings (SSSR count). The van der Waals surface area contributed by atoms with Crippen LogP contribution in [0.1, 0.15) is 39.5 Å². The number of ketones is 1. The number of hydrogen-bond donors (Lipinski definition) is 2. The molecule has 1 aliphatic heterocycles. The summed E-state index contributed by atoms with van der Waals surface area (Å²) in [5, 5.41) is 5.49. The number of nitrogens with one attached hydrogen (secondary N) is 2. The van der Waals surface area contributed by atoms with Crippen LogP contribution in [0.3, 0.4) is 0 Å². The Balaban J connectivity index is 2.63. The predicted octanol–water partition coefficient (Wildman–Crippen LogP) is 0.486. The van der Waals surface area contributed by atoms with Gasteiger partial charge in [0.25, 0.3) is 0 Å². The van der Waals surface area contributed by atoms with E-state index in [1.54, 1.807) is 6.92 Å². The number of carbonyl (C=O) groups excluding carboxylic acids is 4. The molecule has 0 saturated carbocycles. The number of hydrogen-bond acceptors (Lipinski definition) is 5. The minimum atomic E-state index is -0.494. The van der Waals surface area contributed by atoms with Crippen molar-refractivity contribution in [2.24, 2.45) is 5.92 Å². The van der Waals surface area contributed by atoms with Crippen LogP contribution in [0.2, 0.25) is 0 Å². The van der Waals surface area contributed by atoms with Gasteiger partial charge in [-0.1, -0.05) is 6.08 Å². The lowest BCUT2D eigenvalue weighted by Gasteiger charge is -2.17. The summed E-state index contributed by atoms with van der Waals surface area (Å²) in [5.41, 5.74) is 0. The molecule has 2 amide bonds. The van der Waals surface area contributed by atoms with Crippen LogP contribution in [0.4, 0.5) is 0 Å². The van der Waals surface area contributed by atoms with Gasteiger partial charge in [0.05, 0.1) is 6.61 Å². The highest BCUT2D eigenvalue weighted by Crippen LogP contribution is 2.17. The van der Waals surface area contributed by atoms with Crippen molar-refractivity contribution in [2.45, 2.75) is 45.6 Å². The maximum Gasteiger partial charge on any atom is 0.330 e. The van der Waals surface area contributed by atoms with E-state index in [9.17, 15) is 19.2 Å². The normalized spacial score (nSPS) is 18.5. The molecule has 0 aromatic carbocycles. The van der Waals surface area contributed by atoms with E-state index in [-0.39, 0.29) is 43.0 Å². The molecule has 0 aromatic heterocycles. The summed E-state index contributed by atoms with van der Waals surface area (Å²) >= 11 is 0. The largest absolute Gasteiger partial charge is 0.463 e. The Morgan fingerprint density at radius 2 is 2.13 bits per heavy atom. The molecule has 1 aliphatic rings. The van der Waals surface area contributed by atoms with Crippen LogP contribution in [0.5, 0.6) is 0 Å². The number of amides is 2. The fraction of sp³-hybridized carbons (Fsp3) is 0.625. The molecule has 0 bridgehead atoms. The lowest BCUT2D eigenvalue weighted by Crippen LogP contribution is -2.36. The van der Waals surface area contributed by atoms with Crippen molar-refractivity contribution >= 4 is 23.6 Å². The quantitative estimate of drug-likeness (QED) is 0.475. The fourth-order valence-electron chi connectivity index (χ4n) is 2.32. The standard InChI is InChI=1S/C16H24N2O5/c1-3-23-15(21)7-5-13(10-12-8-9-17-16(12)22)18-14(20)6-4-11(2)19/h5,7,12-13H,3-4,6,8-10H2,1-2H3,(H,17,22)(H,18,20)/b7-5+. The molecule has 2 N–H and O–H groups in total. The number of esters is 1. The van der Waals surface area contributed by atoms with Crippen molar-refractivity contribution in [2.75, 3.05) is 13.2 Å². The second-order valence-corrected chi connectivity index (χ2v) is 5.50. The molecule has 128 valence electrons. The van der Waals surface area contributed by atoms with Crippen LogP contribution in [0.15, 0.2) is 12.2 Å². The first kappa shape index (κ1) is 18.9. The Labute approximate surface area is 135 Å². The van der Waals surface area contributed by atoms with E-state index in [2.05, 4.69) is 10.6 Å². The molecule has 0 aliphatic carbocycles. The van der Waals surface area contributed by atoms with E-state index >= 15 is 0 Å². The van der Waals surface area contributed by atoms with Crippen molar-refractivity contribution in [3.05, 3.63) is 12.2 Å². The van der Waals surface area contributed by atoms with Gasteiger partial charge >= 0.3 is 5.97 Å². The van der Waals surface area contributed by atoms with E-state index < -0.39 is 12.0 Å². The van der Waals surface area contributed by atoms with E-state index in [1.807, 2.05) is 0 Å². The van der Waals surface area contributed by atoms with Crippen molar-refractivity contribution in [3.63, 3.8) is 0 Å². The minimum Gasteiger partial charge on any atom is -0.463 e. The summed E-state index contributed by atoms with van der Waals surface area (Å²) in [4.78, 5) is 45.9. The Hall–Kier alpha value is -2.18. The van der Waals surface area contributed by atoms with Crippen LogP contribution in [-0.2, 0) is 23.9 Å². The number of rotatable bonds is 9. The second-order valence-electron chi connectivity index (χ2n) is 5.50. The number of Topliss-reactive ketones (excluding diaryl/α,β-unsaturated/α-hetero) is 1. The van der Waals surface area contributed by atoms with Crippen LogP contribution >= 0.6 is 0 Å². The number of carbonyl (C=O) groups is 4. The monoisotopic (exact) mass is 324 g/mol. The molecule has 7 nitrogen and oxygen atoms in total. The average molecular weight is 324 g/mol. The maximum atomic E-state index is 11.9. The van der Waals surface area contributed by atoms with Crippen molar-refractivity contribution in [3.8, 4) is 0 Å². The van der Waals surface area contributed by atoms with Gasteiger partial charge in [0.2, 0.25) is 11.8 Å². The highest BCUT2D eigenvalue weighted by molar-refractivity contribution is 5.85. The third kappa shape index (κ3) is 7.58. The highest BCUT2D eigenvalue weighted by Gasteiger charge is 2.27. The van der Waals surface area contributed by atoms with Crippen molar-refractivity contribution < 1.29 is 23.9 Å². The summed E-state index contributed by atoms with van der Waals surface area (Å²) in [6.07, 6.45) is 4.17. The maximum absolute atomic E-state index is 11.9. The summed E-state index contributed by atoms with van der Waals surface area (Å²) in [6.45, 7) is 4.02. The van der Waals surface area contributed by atoms with Gasteiger partial charge in [-0.25, -0.2) is 4.79 Å². The van der Waals surface area contributed by atoms with Crippen LogP contribution in [0, 0.1) is 5.92 Å². The molecule has 1 fully saturated rings. The van der Waals surface area contributed by atoms with Crippen LogP contribution in [-0.4, -0.2) is 42.8 Å². The van der Waals surface area contributed by atoms with Crippen LogP contribution in [0.25, 0.3) is 0 Å². The molecule has 1 saturated heterocycles. The zero-order valence-corrected chi connectivity index (χ0v) is 13.6. The van der Waals surface area contributed by atoms with Crippen LogP contribution < -0.4 is 10.6 Å². The van der Waals surface area contributed by atoms with E-state index in [0.29, 0.717) is 19.4 Å². The van der Waals surface area contributed by atoms with Gasteiger partial charge in [-0.15, -0.1) is 0 Å². The fourth-order valence-corrected chi connectivity index (χ4v) is 2.32. The molecule has 2 unspecified atom stereocenters. The van der Waals surface area contributed by atoms with Gasteiger partial charge in [0.1, 0.15) is 5.78 Å². The van der Waals surface area contributed by atoms with Gasteiger partial charge in [-0.05, 0) is 26.7 Å². The average Bonchev–Trinajstić information content (AvgIpc) is 2.88. The zero-order chi connectivity index (χ0) is 17.2. The molecular formula is C16H24N2O5. The summed E-state index contributed by atoms with van der Waals surface area (Å²) < 4.78 is 4.80. The van der Waals surface area contributed by atoms with E-state index in [1.165, 1.54) is 19.1 Å². The molecule has 2 atom stereocenters. The summed E-state index contributed by atoms with van der Waals surface area (Å²) in [7, 11) is 0. The first-order chi connectivity index (χ1) is 10.9. The first-order valence-corrected chi connectivity index (χ1v) is 7.83. The number of ether oxygens (including phenoxy) is 1. The molecule has 0 radical (unpaired) electrons. The highest BCUT2D eigenvalue weighted by atomic mass is 16.5. The predicted molar refractivity (Wildman–Crippen MR) is 83.4 cm³/mol. The lowest BCUT2D eigenvalue weighted by atomic mass is 9.98. The summed E-state index contributed by atoms with van der Waals surface area (Å²) in [6, 6.07) is -0.451. The zero-order valence-electron chi connectivity index (χ0n) is 13.6. The smallest absolute Gasteiger partial charge is 0.330 e. The Morgan fingerprint density at radius 1 is 1.39 bits per heavy atom. The van der Waals surface area contributed by atoms with Gasteiger partial charge < -0.3 is 20.2 Å². The first-order valence-electron chi connectivity index (χ1n) is 7.83. The molecule has 1 heterocycles. The SMILES string of the molecule is CCOC(=O)/C=C/C(CC1CCNC1=O)NC(=O)CCC(C)=O.